The van der Waals surface area contributed by atoms with E-state index in [1.807, 2.05) is 5.01 Å². The van der Waals surface area contributed by atoms with E-state index in [2.05, 4.69) is 47.9 Å². The molecule has 3 rings (SSSR count). The van der Waals surface area contributed by atoms with Crippen molar-refractivity contribution in [1.82, 2.24) is 5.43 Å². The predicted octanol–water partition coefficient (Wildman–Crippen LogP) is 2.54. The van der Waals surface area contributed by atoms with E-state index in [1.54, 1.807) is 7.11 Å². The molecule has 3 nitrogen and oxygen atoms in total. The molecule has 1 saturated heterocycles. The molecule has 0 bridgehead atoms. The number of hydrogen-bond donors (Lipinski definition) is 0. The highest BCUT2D eigenvalue weighted by Crippen LogP contribution is 2.29. The van der Waals surface area contributed by atoms with Crippen LogP contribution in [-0.4, -0.2) is 19.9 Å². The molecule has 17 heavy (non-hydrogen) atoms. The monoisotopic (exact) mass is 227 g/mol. The lowest BCUT2D eigenvalue weighted by Crippen LogP contribution is -2.34. The maximum Gasteiger partial charge on any atom is 0.146 e. The fourth-order valence-corrected chi connectivity index (χ4v) is 2.35. The van der Waals surface area contributed by atoms with Crippen LogP contribution in [0.15, 0.2) is 42.5 Å². The van der Waals surface area contributed by atoms with Crippen LogP contribution in [0.3, 0.4) is 0 Å². The number of hydrogen-bond acceptors (Lipinski definition) is 2. The second-order valence-electron chi connectivity index (χ2n) is 4.19. The van der Waals surface area contributed by atoms with E-state index in [0.717, 1.165) is 18.7 Å². The van der Waals surface area contributed by atoms with Crippen LogP contribution >= 0.6 is 0 Å². The van der Waals surface area contributed by atoms with Gasteiger partial charge in [0.25, 0.3) is 0 Å². The maximum absolute atomic E-state index is 5.46. The highest BCUT2D eigenvalue weighted by molar-refractivity contribution is 5.94. The van der Waals surface area contributed by atoms with Crippen LogP contribution in [0.4, 0.5) is 5.69 Å². The van der Waals surface area contributed by atoms with E-state index in [1.165, 1.54) is 10.8 Å². The number of nitrogens with zero attached hydrogens (tertiary/aromatic N) is 2. The van der Waals surface area contributed by atoms with Crippen molar-refractivity contribution in [2.24, 2.45) is 0 Å². The summed E-state index contributed by atoms with van der Waals surface area (Å²) < 4.78 is 5.46. The quantitative estimate of drug-likeness (QED) is 0.788. The van der Waals surface area contributed by atoms with E-state index < -0.39 is 0 Å². The zero-order chi connectivity index (χ0) is 11.7. The molecule has 3 heteroatoms. The largest absolute Gasteiger partial charge is 0.360 e. The molecular formula is C14H15N2O. The van der Waals surface area contributed by atoms with Gasteiger partial charge >= 0.3 is 0 Å². The molecular weight excluding hydrogens is 212 g/mol. The fraction of sp³-hybridized carbons (Fsp3) is 0.286. The average molecular weight is 227 g/mol. The van der Waals surface area contributed by atoms with Crippen molar-refractivity contribution in [3.63, 3.8) is 0 Å². The van der Waals surface area contributed by atoms with E-state index in [0.29, 0.717) is 0 Å². The van der Waals surface area contributed by atoms with Gasteiger partial charge in [0.15, 0.2) is 0 Å². The van der Waals surface area contributed by atoms with Crippen LogP contribution in [0.5, 0.6) is 0 Å². The zero-order valence-electron chi connectivity index (χ0n) is 9.84. The van der Waals surface area contributed by atoms with Gasteiger partial charge in [-0.1, -0.05) is 36.4 Å². The summed E-state index contributed by atoms with van der Waals surface area (Å²) in [6.45, 7) is 0.835. The van der Waals surface area contributed by atoms with E-state index in [-0.39, 0.29) is 6.23 Å². The van der Waals surface area contributed by atoms with Crippen molar-refractivity contribution >= 4 is 16.5 Å². The predicted molar refractivity (Wildman–Crippen MR) is 68.8 cm³/mol. The Morgan fingerprint density at radius 3 is 2.88 bits per heavy atom. The Balaban J connectivity index is 2.10. The normalized spacial score (nSPS) is 20.1. The van der Waals surface area contributed by atoms with Crippen LogP contribution in [0.2, 0.25) is 0 Å². The fourth-order valence-electron chi connectivity index (χ4n) is 2.35. The van der Waals surface area contributed by atoms with Crippen LogP contribution in [0.1, 0.15) is 6.42 Å². The van der Waals surface area contributed by atoms with Gasteiger partial charge in [0.1, 0.15) is 6.23 Å². The smallest absolute Gasteiger partial charge is 0.146 e. The van der Waals surface area contributed by atoms with E-state index in [9.17, 15) is 0 Å². The van der Waals surface area contributed by atoms with Gasteiger partial charge in [-0.05, 0) is 11.5 Å². The molecule has 1 heterocycles. The third kappa shape index (κ3) is 1.77. The molecule has 2 aromatic rings. The Morgan fingerprint density at radius 2 is 2.00 bits per heavy atom. The third-order valence-electron chi connectivity index (χ3n) is 3.19. The summed E-state index contributed by atoms with van der Waals surface area (Å²) in [5.74, 6) is 0. The minimum Gasteiger partial charge on any atom is -0.360 e. The highest BCUT2D eigenvalue weighted by Gasteiger charge is 2.26. The summed E-state index contributed by atoms with van der Waals surface area (Å²) in [5.41, 5.74) is 5.65. The van der Waals surface area contributed by atoms with Gasteiger partial charge in [-0.3, -0.25) is 5.01 Å². The number of benzene rings is 2. The Kier molecular flexibility index (Phi) is 2.71. The van der Waals surface area contributed by atoms with Crippen LogP contribution in [-0.2, 0) is 4.74 Å². The minimum absolute atomic E-state index is 0.0702. The standard InChI is InChI=1S/C14H15N2O/c1-17-14-9-10-15-16(14)13-8-4-6-11-5-2-3-7-12(11)13/h2-8,14H,9-10H2,1H3. The van der Waals surface area contributed by atoms with Crippen LogP contribution in [0.25, 0.3) is 10.8 Å². The molecule has 1 radical (unpaired) electrons. The first-order valence-corrected chi connectivity index (χ1v) is 5.87. The topological polar surface area (TPSA) is 26.6 Å². The molecule has 1 unspecified atom stereocenters. The number of ether oxygens (including phenoxy) is 1. The van der Waals surface area contributed by atoms with Gasteiger partial charge in [-0.15, -0.1) is 5.43 Å². The van der Waals surface area contributed by atoms with Gasteiger partial charge in [-0.25, -0.2) is 0 Å². The van der Waals surface area contributed by atoms with Gasteiger partial charge in [0.2, 0.25) is 0 Å². The number of anilines is 1. The first-order valence-electron chi connectivity index (χ1n) is 5.87. The molecule has 1 aliphatic heterocycles. The van der Waals surface area contributed by atoms with Gasteiger partial charge in [0, 0.05) is 25.5 Å². The summed E-state index contributed by atoms with van der Waals surface area (Å²) in [4.78, 5) is 0. The van der Waals surface area contributed by atoms with Crippen LogP contribution in [0, 0.1) is 0 Å². The Bertz CT molecular complexity index is 521. The molecule has 0 N–H and O–H groups in total. The van der Waals surface area contributed by atoms with Crippen molar-refractivity contribution in [1.29, 1.82) is 0 Å². The van der Waals surface area contributed by atoms with Gasteiger partial charge in [-0.2, -0.15) is 0 Å². The van der Waals surface area contributed by atoms with Crippen molar-refractivity contribution < 1.29 is 4.74 Å². The highest BCUT2D eigenvalue weighted by atomic mass is 16.5. The molecule has 87 valence electrons. The zero-order valence-corrected chi connectivity index (χ0v) is 9.84. The minimum atomic E-state index is 0.0702. The maximum atomic E-state index is 5.46. The molecule has 2 aromatic carbocycles. The Morgan fingerprint density at radius 1 is 1.18 bits per heavy atom. The molecule has 0 aromatic heterocycles. The lowest BCUT2D eigenvalue weighted by atomic mass is 10.1. The molecule has 0 saturated carbocycles. The molecule has 0 spiro atoms. The number of fused-ring (bicyclic) bond motifs is 1. The SMILES string of the molecule is COC1CC[N]N1c1cccc2ccccc12. The first kappa shape index (κ1) is 10.6. The van der Waals surface area contributed by atoms with Gasteiger partial charge < -0.3 is 4.74 Å². The van der Waals surface area contributed by atoms with Crippen LogP contribution < -0.4 is 10.4 Å². The van der Waals surface area contributed by atoms with E-state index >= 15 is 0 Å². The second-order valence-corrected chi connectivity index (χ2v) is 4.19. The second kappa shape index (κ2) is 4.35. The molecule has 1 atom stereocenters. The third-order valence-corrected chi connectivity index (χ3v) is 3.19. The Labute approximate surface area is 101 Å². The summed E-state index contributed by atoms with van der Waals surface area (Å²) in [6, 6.07) is 14.7. The molecule has 0 aliphatic carbocycles. The summed E-state index contributed by atoms with van der Waals surface area (Å²) in [6.07, 6.45) is 1.03. The summed E-state index contributed by atoms with van der Waals surface area (Å²) in [5, 5.41) is 4.46. The van der Waals surface area contributed by atoms with E-state index in [4.69, 9.17) is 4.74 Å². The first-order chi connectivity index (χ1) is 8.40. The summed E-state index contributed by atoms with van der Waals surface area (Å²) >= 11 is 0. The Hall–Kier alpha value is -1.58. The molecule has 1 aliphatic rings. The lowest BCUT2D eigenvalue weighted by molar-refractivity contribution is 0.109. The van der Waals surface area contributed by atoms with Crippen molar-refractivity contribution in [3.05, 3.63) is 42.5 Å². The lowest BCUT2D eigenvalue weighted by Gasteiger charge is -2.24. The molecule has 1 fully saturated rings. The van der Waals surface area contributed by atoms with Crippen molar-refractivity contribution in [2.45, 2.75) is 12.6 Å². The molecule has 0 amide bonds. The summed E-state index contributed by atoms with van der Waals surface area (Å²) in [7, 11) is 1.74. The average Bonchev–Trinajstić information content (AvgIpc) is 2.86. The van der Waals surface area contributed by atoms with Crippen molar-refractivity contribution in [2.75, 3.05) is 18.7 Å². The van der Waals surface area contributed by atoms with Gasteiger partial charge in [0.05, 0.1) is 5.69 Å². The van der Waals surface area contributed by atoms with Crippen molar-refractivity contribution in [3.8, 4) is 0 Å². The number of methoxy groups -OCH3 is 1. The number of rotatable bonds is 2.